The maximum atomic E-state index is 2.45. The van der Waals surface area contributed by atoms with Crippen molar-refractivity contribution in [2.45, 2.75) is 39.6 Å². The first-order valence-corrected chi connectivity index (χ1v) is 3.96. The average molecular weight is 137 g/mol. The van der Waals surface area contributed by atoms with Gasteiger partial charge in [0.1, 0.15) is 0 Å². The third kappa shape index (κ3) is 1.42. The van der Waals surface area contributed by atoms with E-state index >= 15 is 0 Å². The van der Waals surface area contributed by atoms with E-state index in [0.717, 1.165) is 0 Å². The normalized spacial score (nSPS) is 18.8. The monoisotopic (exact) mass is 137 g/mol. The summed E-state index contributed by atoms with van der Waals surface area (Å²) in [4.78, 5) is 2.45. The van der Waals surface area contributed by atoms with Crippen molar-refractivity contribution in [3.63, 3.8) is 0 Å². The van der Waals surface area contributed by atoms with Crippen LogP contribution < -0.4 is 0 Å². The molecule has 0 aromatic carbocycles. The molecule has 10 heavy (non-hydrogen) atoms. The fourth-order valence-corrected chi connectivity index (χ4v) is 1.55. The molecule has 1 nitrogen and oxygen atoms in total. The molecule has 0 aromatic heterocycles. The first kappa shape index (κ1) is 7.84. The van der Waals surface area contributed by atoms with Crippen LogP contribution in [0, 0.1) is 0 Å². The van der Waals surface area contributed by atoms with Gasteiger partial charge in [-0.25, -0.2) is 0 Å². The average Bonchev–Trinajstić information content (AvgIpc) is 2.11. The Labute approximate surface area is 64.3 Å². The molecule has 0 fully saturated rings. The van der Waals surface area contributed by atoms with E-state index in [4.69, 9.17) is 0 Å². The van der Waals surface area contributed by atoms with Crippen molar-refractivity contribution in [3.8, 4) is 0 Å². The van der Waals surface area contributed by atoms with E-state index in [2.05, 4.69) is 39.5 Å². The molecular formula is C8H16BN. The fourth-order valence-electron chi connectivity index (χ4n) is 1.55. The van der Waals surface area contributed by atoms with Crippen molar-refractivity contribution in [3.05, 3.63) is 0 Å². The van der Waals surface area contributed by atoms with Gasteiger partial charge in [-0.3, -0.25) is 0 Å². The molecule has 0 atom stereocenters. The molecule has 1 rings (SSSR count). The Hall–Kier alpha value is -0.265. The Morgan fingerprint density at radius 2 is 2.00 bits per heavy atom. The summed E-state index contributed by atoms with van der Waals surface area (Å²) in [6, 6.07) is 0. The first-order chi connectivity index (χ1) is 4.52. The summed E-state index contributed by atoms with van der Waals surface area (Å²) in [6.45, 7) is 12.5. The van der Waals surface area contributed by atoms with E-state index < -0.39 is 0 Å². The SMILES string of the molecule is CC1=BCCN1C(C)(C)C. The molecule has 0 radical (unpaired) electrons. The van der Waals surface area contributed by atoms with E-state index in [1.54, 1.807) is 0 Å². The van der Waals surface area contributed by atoms with Crippen LogP contribution in [-0.4, -0.2) is 29.5 Å². The Bertz CT molecular complexity index is 155. The van der Waals surface area contributed by atoms with E-state index in [-0.39, 0.29) is 0 Å². The van der Waals surface area contributed by atoms with Crippen LogP contribution in [0.25, 0.3) is 0 Å². The van der Waals surface area contributed by atoms with Crippen LogP contribution in [0.4, 0.5) is 0 Å². The van der Waals surface area contributed by atoms with Crippen molar-refractivity contribution in [1.82, 2.24) is 4.90 Å². The first-order valence-electron chi connectivity index (χ1n) is 3.96. The third-order valence-electron chi connectivity index (χ3n) is 2.03. The Balaban J connectivity index is 2.67. The summed E-state index contributed by atoms with van der Waals surface area (Å²) in [5.41, 5.74) is 1.75. The van der Waals surface area contributed by atoms with Gasteiger partial charge in [0.15, 0.2) is 0 Å². The molecule has 0 aromatic rings. The number of hydrogen-bond acceptors (Lipinski definition) is 1. The van der Waals surface area contributed by atoms with Crippen LogP contribution in [0.15, 0.2) is 0 Å². The van der Waals surface area contributed by atoms with Gasteiger partial charge in [-0.2, -0.15) is 0 Å². The second-order valence-electron chi connectivity index (χ2n) is 3.96. The van der Waals surface area contributed by atoms with Gasteiger partial charge in [0, 0.05) is 0 Å². The van der Waals surface area contributed by atoms with Crippen molar-refractivity contribution in [2.75, 3.05) is 6.54 Å². The Kier molecular flexibility index (Phi) is 1.89. The zero-order valence-electron chi connectivity index (χ0n) is 7.44. The molecular weight excluding hydrogens is 121 g/mol. The zero-order chi connectivity index (χ0) is 7.78. The molecule has 0 saturated heterocycles. The standard InChI is InChI=1S/C8H16BN/c1-7-9-5-6-10(7)8(2,3)4/h5-6H2,1-4H3. The summed E-state index contributed by atoms with van der Waals surface area (Å²) in [6.07, 6.45) is 1.23. The van der Waals surface area contributed by atoms with E-state index in [9.17, 15) is 0 Å². The van der Waals surface area contributed by atoms with Crippen LogP contribution in [0.5, 0.6) is 0 Å². The van der Waals surface area contributed by atoms with Gasteiger partial charge in [-0.15, -0.1) is 0 Å². The van der Waals surface area contributed by atoms with Crippen LogP contribution >= 0.6 is 0 Å². The van der Waals surface area contributed by atoms with Crippen molar-refractivity contribution in [1.29, 1.82) is 0 Å². The molecule has 0 bridgehead atoms. The van der Waals surface area contributed by atoms with Crippen LogP contribution in [0.1, 0.15) is 27.7 Å². The summed E-state index contributed by atoms with van der Waals surface area (Å²) < 4.78 is 0. The molecule has 0 N–H and O–H groups in total. The molecule has 0 amide bonds. The van der Waals surface area contributed by atoms with E-state index in [0.29, 0.717) is 5.54 Å². The summed E-state index contributed by atoms with van der Waals surface area (Å²) >= 11 is 0. The molecule has 0 unspecified atom stereocenters. The zero-order valence-corrected chi connectivity index (χ0v) is 7.44. The fraction of sp³-hybridized carbons (Fsp3) is 0.875. The van der Waals surface area contributed by atoms with Crippen LogP contribution in [0.3, 0.4) is 0 Å². The van der Waals surface area contributed by atoms with Gasteiger partial charge < -0.3 is 0 Å². The summed E-state index contributed by atoms with van der Waals surface area (Å²) in [5.74, 6) is 0. The van der Waals surface area contributed by atoms with Crippen LogP contribution in [-0.2, 0) is 0 Å². The van der Waals surface area contributed by atoms with Gasteiger partial charge in [-0.1, -0.05) is 0 Å². The summed E-state index contributed by atoms with van der Waals surface area (Å²) in [5, 5.41) is 0. The van der Waals surface area contributed by atoms with Gasteiger partial charge in [-0.05, 0) is 0 Å². The minimum atomic E-state index is 0.317. The molecule has 2 heteroatoms. The van der Waals surface area contributed by atoms with Gasteiger partial charge in [0.05, 0.1) is 0 Å². The number of hydrogen-bond donors (Lipinski definition) is 0. The maximum absolute atomic E-state index is 2.45. The quantitative estimate of drug-likeness (QED) is 0.456. The second-order valence-corrected chi connectivity index (χ2v) is 3.96. The van der Waals surface area contributed by atoms with E-state index in [1.807, 2.05) is 0 Å². The number of nitrogens with zero attached hydrogens (tertiary/aromatic N) is 1. The van der Waals surface area contributed by atoms with Gasteiger partial charge >= 0.3 is 63.5 Å². The third-order valence-corrected chi connectivity index (χ3v) is 2.03. The Morgan fingerprint density at radius 3 is 2.20 bits per heavy atom. The van der Waals surface area contributed by atoms with Crippen molar-refractivity contribution in [2.24, 2.45) is 0 Å². The molecule has 1 heterocycles. The van der Waals surface area contributed by atoms with Gasteiger partial charge in [0.25, 0.3) is 0 Å². The summed E-state index contributed by atoms with van der Waals surface area (Å²) in [7, 11) is 0. The van der Waals surface area contributed by atoms with Crippen LogP contribution in [0.2, 0.25) is 6.32 Å². The molecule has 1 aliphatic heterocycles. The predicted molar refractivity (Wildman–Crippen MR) is 47.7 cm³/mol. The van der Waals surface area contributed by atoms with Crippen molar-refractivity contribution < 1.29 is 0 Å². The molecule has 0 aliphatic carbocycles. The molecule has 1 aliphatic rings. The Morgan fingerprint density at radius 1 is 1.40 bits per heavy atom. The second kappa shape index (κ2) is 2.41. The van der Waals surface area contributed by atoms with Gasteiger partial charge in [0.2, 0.25) is 0 Å². The van der Waals surface area contributed by atoms with Crippen molar-refractivity contribution >= 4 is 12.5 Å². The minimum absolute atomic E-state index is 0.317. The number of rotatable bonds is 0. The van der Waals surface area contributed by atoms with E-state index in [1.165, 1.54) is 18.5 Å². The molecule has 0 saturated carbocycles. The molecule has 0 spiro atoms. The predicted octanol–water partition coefficient (Wildman–Crippen LogP) is 1.37. The topological polar surface area (TPSA) is 3.24 Å². The molecule has 56 valence electrons.